The summed E-state index contributed by atoms with van der Waals surface area (Å²) in [6.45, 7) is 9.82. The number of aryl methyl sites for hydroxylation is 1. The normalized spacial score (nSPS) is 19.7. The van der Waals surface area contributed by atoms with Gasteiger partial charge in [-0.1, -0.05) is 47.6 Å². The van der Waals surface area contributed by atoms with Crippen LogP contribution >= 0.6 is 23.4 Å². The van der Waals surface area contributed by atoms with Crippen molar-refractivity contribution in [2.24, 2.45) is 5.41 Å². The molecule has 3 aromatic rings. The molecule has 0 saturated carbocycles. The van der Waals surface area contributed by atoms with E-state index in [0.29, 0.717) is 10.8 Å². The van der Waals surface area contributed by atoms with Gasteiger partial charge in [-0.15, -0.1) is 4.72 Å². The number of pyridine rings is 1. The molecule has 5 rings (SSSR count). The van der Waals surface area contributed by atoms with Gasteiger partial charge in [-0.25, -0.2) is 15.0 Å². The van der Waals surface area contributed by atoms with Crippen LogP contribution in [0, 0.1) is 12.3 Å². The number of nitrogens with zero attached hydrogens (tertiary/aromatic N) is 4. The van der Waals surface area contributed by atoms with Crippen LogP contribution in [-0.2, 0) is 17.8 Å². The number of anilines is 2. The van der Waals surface area contributed by atoms with Gasteiger partial charge in [-0.05, 0) is 64.2 Å². The minimum Gasteiger partial charge on any atom is -0.598 e. The molecule has 0 amide bonds. The van der Waals surface area contributed by atoms with Crippen molar-refractivity contribution in [2.45, 2.75) is 67.7 Å². The van der Waals surface area contributed by atoms with Crippen LogP contribution in [0.3, 0.4) is 0 Å². The summed E-state index contributed by atoms with van der Waals surface area (Å²) >= 11 is 6.60. The summed E-state index contributed by atoms with van der Waals surface area (Å²) in [5.41, 5.74) is 9.42. The summed E-state index contributed by atoms with van der Waals surface area (Å²) in [5.74, 6) is 1.22. The van der Waals surface area contributed by atoms with Crippen molar-refractivity contribution in [1.29, 1.82) is 0 Å². The molecule has 3 N–H and O–H groups in total. The topological polar surface area (TPSA) is 103 Å². The van der Waals surface area contributed by atoms with E-state index < -0.39 is 11.4 Å². The van der Waals surface area contributed by atoms with E-state index >= 15 is 0 Å². The van der Waals surface area contributed by atoms with Crippen molar-refractivity contribution in [1.82, 2.24) is 19.7 Å². The number of nitrogens with two attached hydrogens (primary N) is 1. The first-order valence-corrected chi connectivity index (χ1v) is 14.8. The standard InChI is InChI=1S/C27H33ClN6OS2/c1-17-25(31-16-21(32-17)36-20-9-12-30-24(29)22(20)28)34-13-10-27(11-14-34)15-18-7-5-6-8-19(18)23(27)33-37(35)26(2,3)4/h5-9,12,16,23,33H,10-11,13-15H2,1-4H3,(H2,29,30)/t23-,37?/m1/s1. The van der Waals surface area contributed by atoms with E-state index in [4.69, 9.17) is 27.3 Å². The summed E-state index contributed by atoms with van der Waals surface area (Å²) in [7, 11) is 0. The minimum absolute atomic E-state index is 0.0379. The van der Waals surface area contributed by atoms with Crippen LogP contribution in [0.4, 0.5) is 11.6 Å². The molecule has 0 radical (unpaired) electrons. The van der Waals surface area contributed by atoms with Gasteiger partial charge >= 0.3 is 0 Å². The Morgan fingerprint density at radius 1 is 1.19 bits per heavy atom. The summed E-state index contributed by atoms with van der Waals surface area (Å²) in [6, 6.07) is 10.5. The third-order valence-corrected chi connectivity index (χ3v) is 10.4. The van der Waals surface area contributed by atoms with Gasteiger partial charge < -0.3 is 15.2 Å². The number of benzene rings is 1. The summed E-state index contributed by atoms with van der Waals surface area (Å²) < 4.78 is 16.4. The van der Waals surface area contributed by atoms with Crippen molar-refractivity contribution in [2.75, 3.05) is 23.7 Å². The van der Waals surface area contributed by atoms with E-state index in [1.165, 1.54) is 22.9 Å². The molecule has 3 heterocycles. The van der Waals surface area contributed by atoms with Crippen LogP contribution in [0.2, 0.25) is 5.02 Å². The summed E-state index contributed by atoms with van der Waals surface area (Å²) in [5, 5.41) is 1.20. The van der Waals surface area contributed by atoms with E-state index in [2.05, 4.69) is 38.9 Å². The van der Waals surface area contributed by atoms with Crippen LogP contribution < -0.4 is 15.4 Å². The Hall–Kier alpha value is -2.04. The third-order valence-electron chi connectivity index (χ3n) is 7.35. The molecule has 2 atom stereocenters. The van der Waals surface area contributed by atoms with Gasteiger partial charge in [-0.2, -0.15) is 0 Å². The van der Waals surface area contributed by atoms with Gasteiger partial charge in [0.05, 0.1) is 23.0 Å². The lowest BCUT2D eigenvalue weighted by Crippen LogP contribution is -2.50. The number of nitrogens with one attached hydrogen (secondary N) is 1. The maximum Gasteiger partial charge on any atom is 0.150 e. The number of hydrogen-bond donors (Lipinski definition) is 2. The van der Waals surface area contributed by atoms with E-state index in [-0.39, 0.29) is 16.2 Å². The Labute approximate surface area is 231 Å². The lowest BCUT2D eigenvalue weighted by molar-refractivity contribution is 0.176. The Kier molecular flexibility index (Phi) is 7.37. The van der Waals surface area contributed by atoms with Gasteiger partial charge in [0.1, 0.15) is 21.4 Å². The van der Waals surface area contributed by atoms with Crippen LogP contribution in [-0.4, -0.2) is 37.3 Å². The Balaban J connectivity index is 1.32. The van der Waals surface area contributed by atoms with Gasteiger partial charge in [0.15, 0.2) is 0 Å². The number of piperidine rings is 1. The fourth-order valence-corrected chi connectivity index (χ4v) is 7.34. The average Bonchev–Trinajstić information content (AvgIpc) is 3.15. The zero-order valence-electron chi connectivity index (χ0n) is 21.6. The third kappa shape index (κ3) is 5.29. The smallest absolute Gasteiger partial charge is 0.150 e. The predicted molar refractivity (Wildman–Crippen MR) is 152 cm³/mol. The van der Waals surface area contributed by atoms with Crippen molar-refractivity contribution < 1.29 is 4.55 Å². The number of halogens is 1. The highest BCUT2D eigenvalue weighted by Crippen LogP contribution is 2.53. The van der Waals surface area contributed by atoms with Crippen LogP contribution in [0.25, 0.3) is 0 Å². The van der Waals surface area contributed by atoms with Crippen molar-refractivity contribution >= 4 is 46.4 Å². The minimum atomic E-state index is -1.14. The maximum atomic E-state index is 13.1. The van der Waals surface area contributed by atoms with E-state index in [9.17, 15) is 4.55 Å². The molecule has 1 aromatic carbocycles. The molecule has 2 aliphatic rings. The fourth-order valence-electron chi connectivity index (χ4n) is 5.34. The number of rotatable bonds is 5. The molecule has 2 aromatic heterocycles. The molecule has 1 spiro atoms. The highest BCUT2D eigenvalue weighted by molar-refractivity contribution is 7.99. The monoisotopic (exact) mass is 556 g/mol. The lowest BCUT2D eigenvalue weighted by Gasteiger charge is -2.44. The first kappa shape index (κ1) is 26.6. The molecule has 37 heavy (non-hydrogen) atoms. The van der Waals surface area contributed by atoms with Gasteiger partial charge in [0.25, 0.3) is 0 Å². The molecule has 1 saturated heterocycles. The highest BCUT2D eigenvalue weighted by Gasteiger charge is 2.50. The first-order chi connectivity index (χ1) is 17.6. The van der Waals surface area contributed by atoms with Crippen molar-refractivity contribution in [3.63, 3.8) is 0 Å². The van der Waals surface area contributed by atoms with Crippen molar-refractivity contribution in [3.05, 3.63) is 64.6 Å². The number of hydrogen-bond acceptors (Lipinski definition) is 8. The highest BCUT2D eigenvalue weighted by atomic mass is 35.5. The van der Waals surface area contributed by atoms with E-state index in [1.54, 1.807) is 12.4 Å². The average molecular weight is 557 g/mol. The number of aromatic nitrogens is 3. The maximum absolute atomic E-state index is 13.1. The van der Waals surface area contributed by atoms with Crippen LogP contribution in [0.5, 0.6) is 0 Å². The predicted octanol–water partition coefficient (Wildman–Crippen LogP) is 5.50. The molecule has 1 aliphatic heterocycles. The van der Waals surface area contributed by atoms with Gasteiger partial charge in [0.2, 0.25) is 0 Å². The molecular formula is C27H33ClN6OS2. The van der Waals surface area contributed by atoms with Crippen molar-refractivity contribution in [3.8, 4) is 0 Å². The Bertz CT molecular complexity index is 1290. The molecular weight excluding hydrogens is 524 g/mol. The fraction of sp³-hybridized carbons (Fsp3) is 0.444. The lowest BCUT2D eigenvalue weighted by atomic mass is 9.73. The molecule has 0 bridgehead atoms. The van der Waals surface area contributed by atoms with Gasteiger partial charge in [0, 0.05) is 41.0 Å². The molecule has 7 nitrogen and oxygen atoms in total. The molecule has 1 fully saturated rings. The van der Waals surface area contributed by atoms with Crippen LogP contribution in [0.15, 0.2) is 52.6 Å². The quantitative estimate of drug-likeness (QED) is 0.397. The second kappa shape index (κ2) is 10.3. The second-order valence-corrected chi connectivity index (χ2v) is 14.3. The Morgan fingerprint density at radius 3 is 2.62 bits per heavy atom. The summed E-state index contributed by atoms with van der Waals surface area (Å²) in [6.07, 6.45) is 6.43. The molecule has 1 unspecified atom stereocenters. The largest absolute Gasteiger partial charge is 0.598 e. The molecule has 10 heteroatoms. The zero-order valence-corrected chi connectivity index (χ0v) is 24.0. The zero-order chi connectivity index (χ0) is 26.4. The number of nitrogen functional groups attached to an aromatic ring is 1. The second-order valence-electron chi connectivity index (χ2n) is 10.9. The van der Waals surface area contributed by atoms with E-state index in [1.807, 2.05) is 33.8 Å². The summed E-state index contributed by atoms with van der Waals surface area (Å²) in [4.78, 5) is 16.8. The molecule has 196 valence electrons. The van der Waals surface area contributed by atoms with E-state index in [0.717, 1.165) is 53.8 Å². The van der Waals surface area contributed by atoms with Crippen LogP contribution in [0.1, 0.15) is 56.5 Å². The van der Waals surface area contributed by atoms with Gasteiger partial charge in [-0.3, -0.25) is 0 Å². The first-order valence-electron chi connectivity index (χ1n) is 12.5. The Morgan fingerprint density at radius 2 is 1.92 bits per heavy atom. The SMILES string of the molecule is Cc1nc(Sc2ccnc(N)c2Cl)cnc1N1CCC2(CC1)Cc1ccccc1[C@H]2N[S+]([O-])C(C)(C)C. The number of fused-ring (bicyclic) bond motifs is 1. The molecule has 1 aliphatic carbocycles.